The number of carboxylic acids is 4. The third-order valence-corrected chi connectivity index (χ3v) is 8.08. The van der Waals surface area contributed by atoms with Crippen molar-refractivity contribution in [3.8, 4) is 22.6 Å². The van der Waals surface area contributed by atoms with Crippen molar-refractivity contribution in [2.75, 3.05) is 13.2 Å². The van der Waals surface area contributed by atoms with Crippen molar-refractivity contribution in [2.24, 2.45) is 0 Å². The first-order chi connectivity index (χ1) is 24.1. The largest absolute Gasteiger partial charge is 0.494 e. The van der Waals surface area contributed by atoms with Crippen LogP contribution in [0.15, 0.2) is 85.5 Å². The zero-order chi connectivity index (χ0) is 35.9. The summed E-state index contributed by atoms with van der Waals surface area (Å²) < 4.78 is 15.5. The molecule has 0 bridgehead atoms. The number of ether oxygens (including phenoxy) is 2. The third-order valence-electron chi connectivity index (χ3n) is 8.08. The average molecular weight is 687 g/mol. The molecule has 0 saturated carbocycles. The highest BCUT2D eigenvalue weighted by atomic mass is 16.5. The molecule has 262 valence electrons. The third kappa shape index (κ3) is 11.7. The second-order valence-corrected chi connectivity index (χ2v) is 11.9. The van der Waals surface area contributed by atoms with Crippen LogP contribution >= 0.6 is 0 Å². The predicted molar refractivity (Wildman–Crippen MR) is 181 cm³/mol. The molecule has 0 aliphatic rings. The van der Waals surface area contributed by atoms with Crippen molar-refractivity contribution in [2.45, 2.75) is 64.5 Å². The minimum Gasteiger partial charge on any atom is -0.494 e. The van der Waals surface area contributed by atoms with E-state index in [0.717, 1.165) is 87.7 Å². The summed E-state index contributed by atoms with van der Waals surface area (Å²) >= 11 is 0. The van der Waals surface area contributed by atoms with E-state index in [0.29, 0.717) is 13.2 Å². The summed E-state index contributed by atoms with van der Waals surface area (Å²) in [5.41, 5.74) is 1.80. The van der Waals surface area contributed by atoms with Gasteiger partial charge < -0.3 is 29.9 Å². The quantitative estimate of drug-likeness (QED) is 0.0601. The Morgan fingerprint density at radius 3 is 1.04 bits per heavy atom. The van der Waals surface area contributed by atoms with Gasteiger partial charge in [-0.1, -0.05) is 0 Å². The number of benzene rings is 2. The molecular weight excluding hydrogens is 644 g/mol. The summed E-state index contributed by atoms with van der Waals surface area (Å²) in [6, 6.07) is 16.0. The number of hydrogen-bond acceptors (Lipinski definition) is 6. The molecule has 0 aliphatic heterocycles. The fraction of sp³-hybridized carbons (Fsp3) is 0.316. The molecule has 0 fully saturated rings. The van der Waals surface area contributed by atoms with Gasteiger partial charge >= 0.3 is 23.9 Å². The molecule has 0 aliphatic carbocycles. The van der Waals surface area contributed by atoms with Crippen LogP contribution in [-0.2, 0) is 13.1 Å². The van der Waals surface area contributed by atoms with Gasteiger partial charge in [0, 0.05) is 37.1 Å². The second-order valence-electron chi connectivity index (χ2n) is 11.9. The Bertz CT molecular complexity index is 1580. The number of pyridine rings is 2. The van der Waals surface area contributed by atoms with E-state index in [1.165, 1.54) is 24.3 Å². The van der Waals surface area contributed by atoms with Crippen molar-refractivity contribution >= 4 is 23.9 Å². The number of hydrogen-bond donors (Lipinski definition) is 4. The lowest BCUT2D eigenvalue weighted by atomic mass is 10.1. The molecule has 0 atom stereocenters. The van der Waals surface area contributed by atoms with Crippen LogP contribution in [0.2, 0.25) is 0 Å². The normalized spacial score (nSPS) is 10.8. The maximum atomic E-state index is 11.2. The van der Waals surface area contributed by atoms with E-state index in [1.54, 1.807) is 0 Å². The van der Waals surface area contributed by atoms with Crippen LogP contribution in [0.4, 0.5) is 0 Å². The van der Waals surface area contributed by atoms with Crippen LogP contribution in [0.5, 0.6) is 11.5 Å². The molecule has 0 saturated heterocycles. The van der Waals surface area contributed by atoms with Crippen LogP contribution in [0.1, 0.15) is 92.8 Å². The summed E-state index contributed by atoms with van der Waals surface area (Å²) in [6.07, 6.45) is 15.7. The van der Waals surface area contributed by atoms with Crippen LogP contribution in [0.25, 0.3) is 11.1 Å². The van der Waals surface area contributed by atoms with E-state index in [9.17, 15) is 39.6 Å². The van der Waals surface area contributed by atoms with Gasteiger partial charge in [0.05, 0.1) is 35.5 Å². The van der Waals surface area contributed by atoms with Crippen LogP contribution < -0.4 is 18.6 Å². The minimum atomic E-state index is -1.20. The first-order valence-electron chi connectivity index (χ1n) is 16.6. The lowest BCUT2D eigenvalue weighted by Gasteiger charge is -2.08. The molecule has 2 aromatic heterocycles. The molecule has 2 aromatic carbocycles. The van der Waals surface area contributed by atoms with Gasteiger partial charge in [-0.15, -0.1) is 0 Å². The van der Waals surface area contributed by atoms with E-state index in [2.05, 4.69) is 58.2 Å². The highest BCUT2D eigenvalue weighted by Gasteiger charge is 2.14. The molecule has 0 radical (unpaired) electrons. The van der Waals surface area contributed by atoms with Crippen molar-refractivity contribution in [3.05, 3.63) is 108 Å². The van der Waals surface area contributed by atoms with E-state index in [-0.39, 0.29) is 33.8 Å². The molecule has 4 N–H and O–H groups in total. The number of rotatable bonds is 21. The van der Waals surface area contributed by atoms with Crippen molar-refractivity contribution in [1.29, 1.82) is 0 Å². The highest BCUT2D eigenvalue weighted by Crippen LogP contribution is 2.20. The van der Waals surface area contributed by atoms with E-state index >= 15 is 0 Å². The van der Waals surface area contributed by atoms with Gasteiger partial charge in [0.1, 0.15) is 24.6 Å². The topological polar surface area (TPSA) is 175 Å². The van der Waals surface area contributed by atoms with Gasteiger partial charge in [0.15, 0.2) is 24.8 Å². The van der Waals surface area contributed by atoms with Crippen molar-refractivity contribution in [1.82, 2.24) is 0 Å². The molecule has 2 heterocycles. The smallest absolute Gasteiger partial charge is 0.335 e. The molecule has 0 unspecified atom stereocenters. The Kier molecular flexibility index (Phi) is 13.8. The Hall–Kier alpha value is -5.78. The van der Waals surface area contributed by atoms with Gasteiger partial charge in [-0.2, -0.15) is 0 Å². The fourth-order valence-electron chi connectivity index (χ4n) is 5.34. The van der Waals surface area contributed by atoms with Gasteiger partial charge in [-0.05, 0) is 86.1 Å². The zero-order valence-electron chi connectivity index (χ0n) is 27.7. The number of carbonyl (C=O) groups is 4. The number of aryl methyl sites for hydroxylation is 2. The first kappa shape index (κ1) is 37.0. The highest BCUT2D eigenvalue weighted by molar-refractivity contribution is 5.95. The van der Waals surface area contributed by atoms with E-state index in [4.69, 9.17) is 9.47 Å². The number of unbranched alkanes of at least 4 members (excludes halogenated alkanes) is 6. The molecule has 0 spiro atoms. The van der Waals surface area contributed by atoms with Crippen LogP contribution in [-0.4, -0.2) is 57.5 Å². The monoisotopic (exact) mass is 686 g/mol. The summed E-state index contributed by atoms with van der Waals surface area (Å²) in [6.45, 7) is 2.53. The standard InChI is InChI=1S/C38H40N2O10/c41-35(42)29-21-30(36(43)44)24-33(23-29)49-19-7-3-1-5-13-39-15-9-27(10-16-39)28-11-17-40(18-12-28)14-6-2-4-8-20-50-34-25-31(37(45)46)22-32(26-34)38(47)48/h9-12,15-18,21-26H,1-8,13-14,19-20H2,(H2-2,41,42,43,44,45,46,47,48)/p+2. The lowest BCUT2D eigenvalue weighted by molar-refractivity contribution is -0.697. The molecule has 4 aromatic rings. The maximum absolute atomic E-state index is 11.2. The zero-order valence-corrected chi connectivity index (χ0v) is 27.7. The van der Waals surface area contributed by atoms with Gasteiger partial charge in [0.2, 0.25) is 0 Å². The maximum Gasteiger partial charge on any atom is 0.335 e. The Morgan fingerprint density at radius 1 is 0.440 bits per heavy atom. The van der Waals surface area contributed by atoms with Crippen molar-refractivity contribution < 1.29 is 58.2 Å². The summed E-state index contributed by atoms with van der Waals surface area (Å²) in [4.78, 5) is 45.0. The first-order valence-corrected chi connectivity index (χ1v) is 16.6. The molecule has 12 heteroatoms. The fourth-order valence-corrected chi connectivity index (χ4v) is 5.34. The van der Waals surface area contributed by atoms with Crippen LogP contribution in [0.3, 0.4) is 0 Å². The number of aromatic carboxylic acids is 4. The van der Waals surface area contributed by atoms with E-state index in [1.807, 2.05) is 0 Å². The molecule has 4 rings (SSSR count). The summed E-state index contributed by atoms with van der Waals surface area (Å²) in [7, 11) is 0. The second kappa shape index (κ2) is 18.7. The van der Waals surface area contributed by atoms with Gasteiger partial charge in [-0.25, -0.2) is 28.3 Å². The Morgan fingerprint density at radius 2 is 0.740 bits per heavy atom. The van der Waals surface area contributed by atoms with Gasteiger partial charge in [-0.3, -0.25) is 0 Å². The molecule has 12 nitrogen and oxygen atoms in total. The molecule has 0 amide bonds. The Labute approximate surface area is 289 Å². The number of nitrogens with zero attached hydrogens (tertiary/aromatic N) is 2. The summed E-state index contributed by atoms with van der Waals surface area (Å²) in [5, 5.41) is 36.8. The van der Waals surface area contributed by atoms with E-state index < -0.39 is 23.9 Å². The Balaban J connectivity index is 1.09. The van der Waals surface area contributed by atoms with Crippen molar-refractivity contribution in [3.63, 3.8) is 0 Å². The predicted octanol–water partition coefficient (Wildman–Crippen LogP) is 6.00. The molecular formula is C38H42N2O10+2. The number of aromatic nitrogens is 2. The average Bonchev–Trinajstić information content (AvgIpc) is 3.11. The van der Waals surface area contributed by atoms with Gasteiger partial charge in [0.25, 0.3) is 0 Å². The summed E-state index contributed by atoms with van der Waals surface area (Å²) in [5.74, 6) is -4.32. The van der Waals surface area contributed by atoms with Crippen LogP contribution in [0, 0.1) is 0 Å². The minimum absolute atomic E-state index is 0.116. The number of carboxylic acid groups (broad SMARTS) is 4. The SMILES string of the molecule is O=C(O)c1cc(OCCCCCC[n+]2ccc(-c3cc[n+](CCCCCCOc4cc(C(=O)O)cc(C(=O)O)c4)cc3)cc2)cc(C(=O)O)c1. The lowest BCUT2D eigenvalue weighted by Crippen LogP contribution is -2.33. The molecule has 50 heavy (non-hydrogen) atoms.